The average molecular weight is 218 g/mol. The number of H-pyrrole nitrogens is 1. The van der Waals surface area contributed by atoms with Crippen LogP contribution in [0.2, 0.25) is 0 Å². The molecule has 1 aliphatic heterocycles. The molecular formula is C10H14N6. The van der Waals surface area contributed by atoms with Crippen LogP contribution in [0.4, 0.5) is 5.82 Å². The molecule has 3 heterocycles. The van der Waals surface area contributed by atoms with E-state index in [0.29, 0.717) is 0 Å². The van der Waals surface area contributed by atoms with E-state index in [2.05, 4.69) is 37.0 Å². The van der Waals surface area contributed by atoms with Gasteiger partial charge in [0.1, 0.15) is 12.1 Å². The van der Waals surface area contributed by atoms with Crippen molar-refractivity contribution in [3.05, 3.63) is 12.5 Å². The molecule has 0 radical (unpaired) electrons. The second-order valence-electron chi connectivity index (χ2n) is 4.12. The number of hydrogen-bond donors (Lipinski definition) is 1. The molecule has 2 aromatic rings. The number of aromatic nitrogens is 4. The van der Waals surface area contributed by atoms with Crippen molar-refractivity contribution >= 4 is 16.9 Å². The molecule has 0 aromatic carbocycles. The number of nitrogens with zero attached hydrogens (tertiary/aromatic N) is 5. The zero-order valence-electron chi connectivity index (χ0n) is 9.22. The molecule has 0 unspecified atom stereocenters. The third-order valence-electron chi connectivity index (χ3n) is 3.03. The van der Waals surface area contributed by atoms with Gasteiger partial charge in [0.2, 0.25) is 0 Å². The van der Waals surface area contributed by atoms with E-state index in [0.717, 1.165) is 43.0 Å². The Bertz CT molecular complexity index is 485. The van der Waals surface area contributed by atoms with Crippen LogP contribution in [-0.4, -0.2) is 58.3 Å². The Morgan fingerprint density at radius 3 is 2.81 bits per heavy atom. The third kappa shape index (κ3) is 1.51. The Morgan fingerprint density at radius 2 is 2.00 bits per heavy atom. The second kappa shape index (κ2) is 3.71. The van der Waals surface area contributed by atoms with Gasteiger partial charge in [-0.3, -0.25) is 5.10 Å². The Balaban J connectivity index is 1.96. The molecule has 0 aliphatic carbocycles. The quantitative estimate of drug-likeness (QED) is 0.736. The first-order chi connectivity index (χ1) is 7.84. The highest BCUT2D eigenvalue weighted by Crippen LogP contribution is 2.21. The number of rotatable bonds is 1. The largest absolute Gasteiger partial charge is 0.353 e. The van der Waals surface area contributed by atoms with Crippen LogP contribution in [0.1, 0.15) is 0 Å². The molecule has 16 heavy (non-hydrogen) atoms. The lowest BCUT2D eigenvalue weighted by atomic mass is 10.3. The van der Waals surface area contributed by atoms with Crippen molar-refractivity contribution in [3.63, 3.8) is 0 Å². The number of nitrogens with one attached hydrogen (secondary N) is 1. The summed E-state index contributed by atoms with van der Waals surface area (Å²) in [5.74, 6) is 0.992. The number of hydrogen-bond acceptors (Lipinski definition) is 5. The van der Waals surface area contributed by atoms with E-state index >= 15 is 0 Å². The van der Waals surface area contributed by atoms with Crippen LogP contribution >= 0.6 is 0 Å². The third-order valence-corrected chi connectivity index (χ3v) is 3.03. The van der Waals surface area contributed by atoms with E-state index in [1.165, 1.54) is 0 Å². The van der Waals surface area contributed by atoms with Crippen molar-refractivity contribution in [1.82, 2.24) is 25.1 Å². The van der Waals surface area contributed by atoms with Crippen LogP contribution in [-0.2, 0) is 0 Å². The zero-order valence-corrected chi connectivity index (χ0v) is 9.22. The van der Waals surface area contributed by atoms with Crippen LogP contribution in [0.25, 0.3) is 11.0 Å². The summed E-state index contributed by atoms with van der Waals surface area (Å²) in [6.45, 7) is 4.16. The van der Waals surface area contributed by atoms with Gasteiger partial charge in [0.25, 0.3) is 0 Å². The van der Waals surface area contributed by atoms with Gasteiger partial charge in [0.15, 0.2) is 5.65 Å². The predicted octanol–water partition coefficient (Wildman–Crippen LogP) is 0.105. The molecule has 0 saturated carbocycles. The van der Waals surface area contributed by atoms with Gasteiger partial charge in [0.05, 0.1) is 11.6 Å². The normalized spacial score (nSPS) is 18.2. The highest BCUT2D eigenvalue weighted by atomic mass is 15.3. The molecule has 1 saturated heterocycles. The van der Waals surface area contributed by atoms with E-state index in [1.807, 2.05) is 0 Å². The number of fused-ring (bicyclic) bond motifs is 1. The Kier molecular flexibility index (Phi) is 2.21. The summed E-state index contributed by atoms with van der Waals surface area (Å²) in [7, 11) is 2.14. The highest BCUT2D eigenvalue weighted by Gasteiger charge is 2.18. The zero-order chi connectivity index (χ0) is 11.0. The highest BCUT2D eigenvalue weighted by molar-refractivity contribution is 5.86. The maximum absolute atomic E-state index is 4.36. The molecule has 1 N–H and O–H groups in total. The Morgan fingerprint density at radius 1 is 1.19 bits per heavy atom. The molecular weight excluding hydrogens is 204 g/mol. The van der Waals surface area contributed by atoms with E-state index in [9.17, 15) is 0 Å². The standard InChI is InChI=1S/C10H14N6/c1-15-2-4-16(5-3-15)10-8-6-13-14-9(8)11-7-12-10/h6-7H,2-5H2,1H3,(H,11,12,13,14). The summed E-state index contributed by atoms with van der Waals surface area (Å²) < 4.78 is 0. The molecule has 84 valence electrons. The van der Waals surface area contributed by atoms with E-state index in [4.69, 9.17) is 0 Å². The number of aromatic amines is 1. The lowest BCUT2D eigenvalue weighted by molar-refractivity contribution is 0.312. The molecule has 0 spiro atoms. The van der Waals surface area contributed by atoms with Crippen molar-refractivity contribution in [2.24, 2.45) is 0 Å². The average Bonchev–Trinajstić information content (AvgIpc) is 2.78. The summed E-state index contributed by atoms with van der Waals surface area (Å²) >= 11 is 0. The predicted molar refractivity (Wildman–Crippen MR) is 61.4 cm³/mol. The van der Waals surface area contributed by atoms with Crippen molar-refractivity contribution in [3.8, 4) is 0 Å². The van der Waals surface area contributed by atoms with Gasteiger partial charge in [-0.2, -0.15) is 5.10 Å². The maximum atomic E-state index is 4.36. The number of piperazine rings is 1. The van der Waals surface area contributed by atoms with Gasteiger partial charge in [0, 0.05) is 26.2 Å². The fourth-order valence-corrected chi connectivity index (χ4v) is 2.02. The molecule has 3 rings (SSSR count). The lowest BCUT2D eigenvalue weighted by Gasteiger charge is -2.33. The van der Waals surface area contributed by atoms with Gasteiger partial charge in [-0.1, -0.05) is 0 Å². The van der Waals surface area contributed by atoms with Crippen molar-refractivity contribution in [2.45, 2.75) is 0 Å². The van der Waals surface area contributed by atoms with E-state index in [1.54, 1.807) is 12.5 Å². The van der Waals surface area contributed by atoms with E-state index < -0.39 is 0 Å². The fraction of sp³-hybridized carbons (Fsp3) is 0.500. The summed E-state index contributed by atoms with van der Waals surface area (Å²) in [6, 6.07) is 0. The van der Waals surface area contributed by atoms with Crippen LogP contribution in [0.3, 0.4) is 0 Å². The van der Waals surface area contributed by atoms with Crippen molar-refractivity contribution in [1.29, 1.82) is 0 Å². The molecule has 1 aliphatic rings. The summed E-state index contributed by atoms with van der Waals surface area (Å²) in [5, 5.41) is 7.88. The molecule has 0 bridgehead atoms. The topological polar surface area (TPSA) is 60.9 Å². The SMILES string of the molecule is CN1CCN(c2ncnc3[nH]ncc23)CC1. The first kappa shape index (κ1) is 9.53. The molecule has 6 nitrogen and oxygen atoms in total. The molecule has 0 amide bonds. The maximum Gasteiger partial charge on any atom is 0.160 e. The van der Waals surface area contributed by atoms with Gasteiger partial charge in [-0.05, 0) is 7.05 Å². The Hall–Kier alpha value is -1.69. The molecule has 1 fully saturated rings. The fourth-order valence-electron chi connectivity index (χ4n) is 2.02. The van der Waals surface area contributed by atoms with Gasteiger partial charge < -0.3 is 9.80 Å². The van der Waals surface area contributed by atoms with Crippen LogP contribution in [0.5, 0.6) is 0 Å². The van der Waals surface area contributed by atoms with Crippen LogP contribution in [0.15, 0.2) is 12.5 Å². The Labute approximate surface area is 93.3 Å². The summed E-state index contributed by atoms with van der Waals surface area (Å²) in [6.07, 6.45) is 3.39. The number of anilines is 1. The summed E-state index contributed by atoms with van der Waals surface area (Å²) in [4.78, 5) is 13.1. The molecule has 2 aromatic heterocycles. The molecule has 0 atom stereocenters. The van der Waals surface area contributed by atoms with Gasteiger partial charge >= 0.3 is 0 Å². The minimum Gasteiger partial charge on any atom is -0.353 e. The lowest BCUT2D eigenvalue weighted by Crippen LogP contribution is -2.44. The van der Waals surface area contributed by atoms with Gasteiger partial charge in [-0.25, -0.2) is 9.97 Å². The van der Waals surface area contributed by atoms with Crippen molar-refractivity contribution in [2.75, 3.05) is 38.1 Å². The van der Waals surface area contributed by atoms with Gasteiger partial charge in [-0.15, -0.1) is 0 Å². The molecule has 6 heteroatoms. The second-order valence-corrected chi connectivity index (χ2v) is 4.12. The van der Waals surface area contributed by atoms with Crippen LogP contribution in [0, 0.1) is 0 Å². The monoisotopic (exact) mass is 218 g/mol. The first-order valence-electron chi connectivity index (χ1n) is 5.42. The van der Waals surface area contributed by atoms with E-state index in [-0.39, 0.29) is 0 Å². The number of likely N-dealkylation sites (N-methyl/N-ethyl adjacent to an activating group) is 1. The van der Waals surface area contributed by atoms with Crippen LogP contribution < -0.4 is 4.90 Å². The minimum atomic E-state index is 0.809. The minimum absolute atomic E-state index is 0.809. The summed E-state index contributed by atoms with van der Waals surface area (Å²) in [5.41, 5.74) is 0.809. The van der Waals surface area contributed by atoms with Crippen molar-refractivity contribution < 1.29 is 0 Å². The first-order valence-corrected chi connectivity index (χ1v) is 5.42. The smallest absolute Gasteiger partial charge is 0.160 e.